The Bertz CT molecular complexity index is 523. The number of hydrogen-bond acceptors (Lipinski definition) is 1. The van der Waals surface area contributed by atoms with Gasteiger partial charge in [-0.15, -0.1) is 0 Å². The summed E-state index contributed by atoms with van der Waals surface area (Å²) in [5.74, 6) is 0.640. The second kappa shape index (κ2) is 3.99. The lowest BCUT2D eigenvalue weighted by molar-refractivity contribution is 0.239. The fraction of sp³-hybridized carbons (Fsp3) is 0.562. The average molecular weight is 256 g/mol. The molecule has 0 aromatic heterocycles. The SMILES string of the molecule is O=C(NC[C@@H]1C[C@@]12CCc1ccccc12)NC1CC1. The van der Waals surface area contributed by atoms with Crippen LogP contribution in [0.4, 0.5) is 4.79 Å². The van der Waals surface area contributed by atoms with Gasteiger partial charge in [-0.2, -0.15) is 0 Å². The first-order valence-electron chi connectivity index (χ1n) is 7.41. The summed E-state index contributed by atoms with van der Waals surface area (Å²) in [7, 11) is 0. The molecule has 2 saturated carbocycles. The molecule has 2 amide bonds. The average Bonchev–Trinajstić information content (AvgIpc) is 3.30. The molecule has 2 atom stereocenters. The molecule has 100 valence electrons. The number of aryl methyl sites for hydroxylation is 1. The van der Waals surface area contributed by atoms with Gasteiger partial charge in [0, 0.05) is 18.0 Å². The number of fused-ring (bicyclic) bond motifs is 2. The number of rotatable bonds is 3. The van der Waals surface area contributed by atoms with E-state index < -0.39 is 0 Å². The van der Waals surface area contributed by atoms with E-state index in [9.17, 15) is 4.79 Å². The van der Waals surface area contributed by atoms with Crippen LogP contribution in [0.15, 0.2) is 24.3 Å². The fourth-order valence-electron chi connectivity index (χ4n) is 3.68. The van der Waals surface area contributed by atoms with Gasteiger partial charge >= 0.3 is 6.03 Å². The van der Waals surface area contributed by atoms with Crippen LogP contribution in [0, 0.1) is 5.92 Å². The molecule has 3 heteroatoms. The lowest BCUT2D eigenvalue weighted by Crippen LogP contribution is -2.38. The predicted octanol–water partition coefficient (Wildman–Crippen LogP) is 2.35. The van der Waals surface area contributed by atoms with Crippen LogP contribution in [0.5, 0.6) is 0 Å². The standard InChI is InChI=1S/C16H20N2O/c19-15(18-13-5-6-13)17-10-12-9-16(12)8-7-11-3-1-2-4-14(11)16/h1-4,12-13H,5-10H2,(H2,17,18,19)/t12-,16-/m0/s1. The van der Waals surface area contributed by atoms with E-state index >= 15 is 0 Å². The Morgan fingerprint density at radius 2 is 2.16 bits per heavy atom. The van der Waals surface area contributed by atoms with E-state index in [-0.39, 0.29) is 6.03 Å². The molecule has 0 saturated heterocycles. The third kappa shape index (κ3) is 1.92. The molecule has 3 aliphatic rings. The lowest BCUT2D eigenvalue weighted by Gasteiger charge is -2.12. The maximum Gasteiger partial charge on any atom is 0.315 e. The highest BCUT2D eigenvalue weighted by atomic mass is 16.2. The van der Waals surface area contributed by atoms with Crippen molar-refractivity contribution in [3.63, 3.8) is 0 Å². The molecule has 0 unspecified atom stereocenters. The van der Waals surface area contributed by atoms with Gasteiger partial charge in [-0.3, -0.25) is 0 Å². The Balaban J connectivity index is 1.37. The number of amides is 2. The Morgan fingerprint density at radius 1 is 1.32 bits per heavy atom. The molecule has 1 aromatic carbocycles. The minimum Gasteiger partial charge on any atom is -0.338 e. The zero-order valence-electron chi connectivity index (χ0n) is 11.1. The highest BCUT2D eigenvalue weighted by molar-refractivity contribution is 5.74. The monoisotopic (exact) mass is 256 g/mol. The van der Waals surface area contributed by atoms with Crippen molar-refractivity contribution < 1.29 is 4.79 Å². The molecule has 2 fully saturated rings. The summed E-state index contributed by atoms with van der Waals surface area (Å²) in [4.78, 5) is 11.7. The maximum absolute atomic E-state index is 11.7. The first-order valence-corrected chi connectivity index (χ1v) is 7.41. The maximum atomic E-state index is 11.7. The molecule has 3 aliphatic carbocycles. The number of hydrogen-bond donors (Lipinski definition) is 2. The van der Waals surface area contributed by atoms with Crippen LogP contribution >= 0.6 is 0 Å². The predicted molar refractivity (Wildman–Crippen MR) is 74.1 cm³/mol. The van der Waals surface area contributed by atoms with Gasteiger partial charge in [0.1, 0.15) is 0 Å². The molecule has 0 bridgehead atoms. The molecule has 3 nitrogen and oxygen atoms in total. The summed E-state index contributed by atoms with van der Waals surface area (Å²) in [6.07, 6.45) is 6.01. The van der Waals surface area contributed by atoms with Gasteiger partial charge in [-0.1, -0.05) is 24.3 Å². The first-order chi connectivity index (χ1) is 9.28. The molecular formula is C16H20N2O. The van der Waals surface area contributed by atoms with Crippen molar-refractivity contribution >= 4 is 6.03 Å². The van der Waals surface area contributed by atoms with Crippen LogP contribution in [0.2, 0.25) is 0 Å². The first kappa shape index (κ1) is 11.3. The molecular weight excluding hydrogens is 236 g/mol. The van der Waals surface area contributed by atoms with E-state index in [0.29, 0.717) is 17.4 Å². The van der Waals surface area contributed by atoms with E-state index in [1.165, 1.54) is 24.8 Å². The Hall–Kier alpha value is -1.51. The van der Waals surface area contributed by atoms with Crippen molar-refractivity contribution in [2.45, 2.75) is 43.6 Å². The number of carbonyl (C=O) groups excluding carboxylic acids is 1. The minimum atomic E-state index is 0.0239. The van der Waals surface area contributed by atoms with E-state index in [0.717, 1.165) is 19.4 Å². The van der Waals surface area contributed by atoms with Crippen molar-refractivity contribution in [1.29, 1.82) is 0 Å². The summed E-state index contributed by atoms with van der Waals surface area (Å²) < 4.78 is 0. The van der Waals surface area contributed by atoms with Crippen molar-refractivity contribution in [1.82, 2.24) is 10.6 Å². The van der Waals surface area contributed by atoms with E-state index in [2.05, 4.69) is 34.9 Å². The molecule has 4 rings (SSSR count). The van der Waals surface area contributed by atoms with Gasteiger partial charge in [-0.25, -0.2) is 4.79 Å². The zero-order valence-corrected chi connectivity index (χ0v) is 11.1. The second-order valence-electron chi connectivity index (χ2n) is 6.34. The van der Waals surface area contributed by atoms with Gasteiger partial charge in [0.2, 0.25) is 0 Å². The highest BCUT2D eigenvalue weighted by Gasteiger charge is 2.57. The Morgan fingerprint density at radius 3 is 3.00 bits per heavy atom. The van der Waals surface area contributed by atoms with Crippen LogP contribution in [0.25, 0.3) is 0 Å². The highest BCUT2D eigenvalue weighted by Crippen LogP contribution is 2.61. The Kier molecular flexibility index (Phi) is 2.38. The van der Waals surface area contributed by atoms with Gasteiger partial charge in [-0.05, 0) is 49.1 Å². The van der Waals surface area contributed by atoms with Gasteiger partial charge in [0.15, 0.2) is 0 Å². The van der Waals surface area contributed by atoms with Crippen LogP contribution in [0.1, 0.15) is 36.8 Å². The smallest absolute Gasteiger partial charge is 0.315 e. The van der Waals surface area contributed by atoms with E-state index in [1.54, 1.807) is 5.56 Å². The van der Waals surface area contributed by atoms with Gasteiger partial charge in [0.25, 0.3) is 0 Å². The molecule has 0 radical (unpaired) electrons. The number of carbonyl (C=O) groups is 1. The fourth-order valence-corrected chi connectivity index (χ4v) is 3.68. The van der Waals surface area contributed by atoms with Gasteiger partial charge in [0.05, 0.1) is 0 Å². The second-order valence-corrected chi connectivity index (χ2v) is 6.34. The molecule has 1 aromatic rings. The van der Waals surface area contributed by atoms with Crippen LogP contribution < -0.4 is 10.6 Å². The molecule has 2 N–H and O–H groups in total. The molecule has 0 aliphatic heterocycles. The Labute approximate surface area is 113 Å². The summed E-state index contributed by atoms with van der Waals surface area (Å²) in [6.45, 7) is 0.826. The molecule has 1 spiro atoms. The van der Waals surface area contributed by atoms with Crippen LogP contribution in [-0.4, -0.2) is 18.6 Å². The number of benzene rings is 1. The van der Waals surface area contributed by atoms with E-state index in [4.69, 9.17) is 0 Å². The molecule has 0 heterocycles. The van der Waals surface area contributed by atoms with E-state index in [1.807, 2.05) is 0 Å². The summed E-state index contributed by atoms with van der Waals surface area (Å²) in [6, 6.07) is 9.29. The number of urea groups is 1. The van der Waals surface area contributed by atoms with Crippen molar-refractivity contribution in [3.8, 4) is 0 Å². The van der Waals surface area contributed by atoms with Crippen molar-refractivity contribution in [2.24, 2.45) is 5.92 Å². The lowest BCUT2D eigenvalue weighted by atomic mass is 9.95. The normalized spacial score (nSPS) is 31.1. The third-order valence-electron chi connectivity index (χ3n) is 5.05. The minimum absolute atomic E-state index is 0.0239. The summed E-state index contributed by atoms with van der Waals surface area (Å²) in [5, 5.41) is 6.03. The summed E-state index contributed by atoms with van der Waals surface area (Å²) in [5.41, 5.74) is 3.46. The third-order valence-corrected chi connectivity index (χ3v) is 5.05. The van der Waals surface area contributed by atoms with Crippen molar-refractivity contribution in [3.05, 3.63) is 35.4 Å². The zero-order chi connectivity index (χ0) is 12.9. The molecule has 19 heavy (non-hydrogen) atoms. The van der Waals surface area contributed by atoms with Gasteiger partial charge < -0.3 is 10.6 Å². The topological polar surface area (TPSA) is 41.1 Å². The van der Waals surface area contributed by atoms with Crippen LogP contribution in [-0.2, 0) is 11.8 Å². The largest absolute Gasteiger partial charge is 0.338 e. The van der Waals surface area contributed by atoms with Crippen molar-refractivity contribution in [2.75, 3.05) is 6.54 Å². The quantitative estimate of drug-likeness (QED) is 0.856. The summed E-state index contributed by atoms with van der Waals surface area (Å²) >= 11 is 0. The number of nitrogens with one attached hydrogen (secondary N) is 2. The van der Waals surface area contributed by atoms with Crippen LogP contribution in [0.3, 0.4) is 0 Å².